The van der Waals surface area contributed by atoms with Crippen LogP contribution in [0.5, 0.6) is 11.5 Å². The Morgan fingerprint density at radius 2 is 1.74 bits per heavy atom. The molecule has 0 heterocycles. The lowest BCUT2D eigenvalue weighted by Gasteiger charge is -2.20. The fourth-order valence-electron chi connectivity index (χ4n) is 2.66. The highest BCUT2D eigenvalue weighted by atomic mass is 16.5. The van der Waals surface area contributed by atoms with Crippen molar-refractivity contribution in [1.82, 2.24) is 5.32 Å². The van der Waals surface area contributed by atoms with Crippen molar-refractivity contribution in [3.63, 3.8) is 0 Å². The van der Waals surface area contributed by atoms with Crippen molar-refractivity contribution in [3.8, 4) is 11.5 Å². The summed E-state index contributed by atoms with van der Waals surface area (Å²) < 4.78 is 16.0. The standard InChI is InChI=1S/C15H23NO3/c1-17-12-7-11(8-13(9-12)18-2)10-16-14-5-4-6-15(14)19-3/h7-9,14-16H,4-6,10H2,1-3H3. The van der Waals surface area contributed by atoms with Crippen LogP contribution in [0.3, 0.4) is 0 Å². The topological polar surface area (TPSA) is 39.7 Å². The summed E-state index contributed by atoms with van der Waals surface area (Å²) >= 11 is 0. The van der Waals surface area contributed by atoms with E-state index in [1.54, 1.807) is 21.3 Å². The molecule has 2 unspecified atom stereocenters. The summed E-state index contributed by atoms with van der Waals surface area (Å²) in [5.74, 6) is 1.65. The molecule has 0 saturated heterocycles. The molecule has 106 valence electrons. The molecule has 1 aromatic carbocycles. The Balaban J connectivity index is 1.98. The second kappa shape index (κ2) is 6.78. The predicted octanol–water partition coefficient (Wildman–Crippen LogP) is 2.36. The molecule has 1 aromatic rings. The van der Waals surface area contributed by atoms with Crippen LogP contribution < -0.4 is 14.8 Å². The molecule has 0 amide bonds. The van der Waals surface area contributed by atoms with E-state index in [1.807, 2.05) is 18.2 Å². The van der Waals surface area contributed by atoms with Crippen molar-refractivity contribution in [2.75, 3.05) is 21.3 Å². The van der Waals surface area contributed by atoms with Gasteiger partial charge in [-0.15, -0.1) is 0 Å². The average Bonchev–Trinajstić information content (AvgIpc) is 2.92. The second-order valence-corrected chi connectivity index (χ2v) is 4.91. The minimum Gasteiger partial charge on any atom is -0.497 e. The number of ether oxygens (including phenoxy) is 3. The lowest BCUT2D eigenvalue weighted by Crippen LogP contribution is -2.36. The molecule has 1 N–H and O–H groups in total. The van der Waals surface area contributed by atoms with E-state index in [-0.39, 0.29) is 0 Å². The summed E-state index contributed by atoms with van der Waals surface area (Å²) in [5, 5.41) is 3.57. The second-order valence-electron chi connectivity index (χ2n) is 4.91. The summed E-state index contributed by atoms with van der Waals surface area (Å²) in [6.45, 7) is 0.804. The first kappa shape index (κ1) is 14.2. The van der Waals surface area contributed by atoms with Gasteiger partial charge >= 0.3 is 0 Å². The zero-order chi connectivity index (χ0) is 13.7. The zero-order valence-electron chi connectivity index (χ0n) is 11.9. The molecule has 0 aliphatic heterocycles. The lowest BCUT2D eigenvalue weighted by atomic mass is 10.1. The summed E-state index contributed by atoms with van der Waals surface area (Å²) in [5.41, 5.74) is 1.16. The van der Waals surface area contributed by atoms with E-state index < -0.39 is 0 Å². The van der Waals surface area contributed by atoms with Crippen LogP contribution in [0.1, 0.15) is 24.8 Å². The van der Waals surface area contributed by atoms with Gasteiger partial charge in [-0.25, -0.2) is 0 Å². The first-order valence-electron chi connectivity index (χ1n) is 6.75. The van der Waals surface area contributed by atoms with Gasteiger partial charge in [-0.05, 0) is 37.0 Å². The van der Waals surface area contributed by atoms with Gasteiger partial charge in [0.1, 0.15) is 11.5 Å². The number of methoxy groups -OCH3 is 3. The minimum absolute atomic E-state index is 0.340. The highest BCUT2D eigenvalue weighted by Crippen LogP contribution is 2.24. The van der Waals surface area contributed by atoms with Crippen LogP contribution in [0.25, 0.3) is 0 Å². The third kappa shape index (κ3) is 3.61. The first-order chi connectivity index (χ1) is 9.26. The molecule has 1 fully saturated rings. The largest absolute Gasteiger partial charge is 0.497 e. The molecule has 0 spiro atoms. The normalized spacial score (nSPS) is 22.5. The predicted molar refractivity (Wildman–Crippen MR) is 74.8 cm³/mol. The molecule has 19 heavy (non-hydrogen) atoms. The van der Waals surface area contributed by atoms with Crippen LogP contribution in [0, 0.1) is 0 Å². The molecule has 2 rings (SSSR count). The molecule has 0 bridgehead atoms. The van der Waals surface area contributed by atoms with Gasteiger partial charge in [-0.3, -0.25) is 0 Å². The molecular weight excluding hydrogens is 242 g/mol. The Labute approximate surface area is 115 Å². The van der Waals surface area contributed by atoms with Gasteiger partial charge in [0.2, 0.25) is 0 Å². The molecule has 2 atom stereocenters. The molecule has 1 saturated carbocycles. The Bertz CT molecular complexity index is 386. The fourth-order valence-corrected chi connectivity index (χ4v) is 2.66. The summed E-state index contributed by atoms with van der Waals surface area (Å²) in [6, 6.07) is 6.40. The Morgan fingerprint density at radius 3 is 2.32 bits per heavy atom. The van der Waals surface area contributed by atoms with Crippen LogP contribution in [0.2, 0.25) is 0 Å². The van der Waals surface area contributed by atoms with Crippen LogP contribution in [-0.2, 0) is 11.3 Å². The number of nitrogens with one attached hydrogen (secondary N) is 1. The minimum atomic E-state index is 0.340. The van der Waals surface area contributed by atoms with Gasteiger partial charge in [0.05, 0.1) is 20.3 Å². The molecule has 4 nitrogen and oxygen atoms in total. The summed E-state index contributed by atoms with van der Waals surface area (Å²) in [7, 11) is 5.13. The number of hydrogen-bond donors (Lipinski definition) is 1. The van der Waals surface area contributed by atoms with E-state index in [4.69, 9.17) is 14.2 Å². The van der Waals surface area contributed by atoms with Gasteiger partial charge in [-0.1, -0.05) is 0 Å². The quantitative estimate of drug-likeness (QED) is 0.857. The van der Waals surface area contributed by atoms with Gasteiger partial charge in [0, 0.05) is 25.8 Å². The van der Waals surface area contributed by atoms with Crippen molar-refractivity contribution < 1.29 is 14.2 Å². The van der Waals surface area contributed by atoms with E-state index in [2.05, 4.69) is 5.32 Å². The van der Waals surface area contributed by atoms with Crippen molar-refractivity contribution in [1.29, 1.82) is 0 Å². The average molecular weight is 265 g/mol. The summed E-state index contributed by atoms with van der Waals surface area (Å²) in [4.78, 5) is 0. The van der Waals surface area contributed by atoms with Crippen molar-refractivity contribution in [2.45, 2.75) is 38.0 Å². The van der Waals surface area contributed by atoms with Crippen molar-refractivity contribution in [2.24, 2.45) is 0 Å². The Hall–Kier alpha value is -1.26. The van der Waals surface area contributed by atoms with Crippen LogP contribution in [0.15, 0.2) is 18.2 Å². The number of hydrogen-bond acceptors (Lipinski definition) is 4. The summed E-state index contributed by atoms with van der Waals surface area (Å²) in [6.07, 6.45) is 3.90. The third-order valence-corrected chi connectivity index (χ3v) is 3.73. The van der Waals surface area contributed by atoms with E-state index >= 15 is 0 Å². The molecule has 1 aliphatic carbocycles. The van der Waals surface area contributed by atoms with Gasteiger partial charge < -0.3 is 19.5 Å². The van der Waals surface area contributed by atoms with E-state index in [9.17, 15) is 0 Å². The zero-order valence-corrected chi connectivity index (χ0v) is 11.9. The molecule has 0 radical (unpaired) electrons. The first-order valence-corrected chi connectivity index (χ1v) is 6.75. The van der Waals surface area contributed by atoms with Crippen LogP contribution in [-0.4, -0.2) is 33.5 Å². The van der Waals surface area contributed by atoms with Crippen molar-refractivity contribution >= 4 is 0 Å². The number of rotatable bonds is 6. The molecule has 1 aliphatic rings. The maximum atomic E-state index is 5.49. The molecule has 4 heteroatoms. The van der Waals surface area contributed by atoms with Crippen LogP contribution in [0.4, 0.5) is 0 Å². The molecule has 0 aromatic heterocycles. The van der Waals surface area contributed by atoms with Gasteiger partial charge in [-0.2, -0.15) is 0 Å². The highest BCUT2D eigenvalue weighted by molar-refractivity contribution is 5.38. The van der Waals surface area contributed by atoms with E-state index in [1.165, 1.54) is 12.8 Å². The lowest BCUT2D eigenvalue weighted by molar-refractivity contribution is 0.0847. The third-order valence-electron chi connectivity index (χ3n) is 3.73. The maximum Gasteiger partial charge on any atom is 0.122 e. The van der Waals surface area contributed by atoms with E-state index in [0.717, 1.165) is 30.0 Å². The maximum absolute atomic E-state index is 5.49. The van der Waals surface area contributed by atoms with E-state index in [0.29, 0.717) is 12.1 Å². The Kier molecular flexibility index (Phi) is 5.05. The monoisotopic (exact) mass is 265 g/mol. The molecular formula is C15H23NO3. The Morgan fingerprint density at radius 1 is 1.05 bits per heavy atom. The number of benzene rings is 1. The van der Waals surface area contributed by atoms with Crippen LogP contribution >= 0.6 is 0 Å². The fraction of sp³-hybridized carbons (Fsp3) is 0.600. The highest BCUT2D eigenvalue weighted by Gasteiger charge is 2.26. The van der Waals surface area contributed by atoms with Gasteiger partial charge in [0.15, 0.2) is 0 Å². The smallest absolute Gasteiger partial charge is 0.122 e. The van der Waals surface area contributed by atoms with Crippen molar-refractivity contribution in [3.05, 3.63) is 23.8 Å². The SMILES string of the molecule is COc1cc(CNC2CCCC2OC)cc(OC)c1. The van der Waals surface area contributed by atoms with Gasteiger partial charge in [0.25, 0.3) is 0 Å².